The topological polar surface area (TPSA) is 30.5 Å². The fourth-order valence-electron chi connectivity index (χ4n) is 2.42. The molecule has 3 rings (SSSR count). The van der Waals surface area contributed by atoms with Crippen LogP contribution in [-0.4, -0.2) is 19.8 Å². The molecule has 0 amide bonds. The van der Waals surface area contributed by atoms with Gasteiger partial charge in [0, 0.05) is 12.5 Å². The van der Waals surface area contributed by atoms with Crippen LogP contribution >= 0.6 is 0 Å². The highest BCUT2D eigenvalue weighted by Crippen LogP contribution is 2.36. The Labute approximate surface area is 99.9 Å². The van der Waals surface area contributed by atoms with Crippen LogP contribution < -0.4 is 14.8 Å². The highest BCUT2D eigenvalue weighted by atomic mass is 19.1. The zero-order valence-corrected chi connectivity index (χ0v) is 9.67. The maximum atomic E-state index is 13.9. The van der Waals surface area contributed by atoms with Crippen molar-refractivity contribution in [3.05, 3.63) is 23.5 Å². The summed E-state index contributed by atoms with van der Waals surface area (Å²) in [6.07, 6.45) is 2.99. The molecule has 0 saturated carbocycles. The summed E-state index contributed by atoms with van der Waals surface area (Å²) in [5.41, 5.74) is 0.962. The average molecular weight is 237 g/mol. The van der Waals surface area contributed by atoms with Crippen molar-refractivity contribution in [3.8, 4) is 11.5 Å². The molecule has 2 aliphatic heterocycles. The number of benzene rings is 1. The molecule has 3 nitrogen and oxygen atoms in total. The van der Waals surface area contributed by atoms with Crippen LogP contribution in [0.4, 0.5) is 4.39 Å². The summed E-state index contributed by atoms with van der Waals surface area (Å²) in [7, 11) is 0. The van der Waals surface area contributed by atoms with E-state index < -0.39 is 0 Å². The summed E-state index contributed by atoms with van der Waals surface area (Å²) in [4.78, 5) is 0. The van der Waals surface area contributed by atoms with E-state index in [1.807, 2.05) is 6.07 Å². The van der Waals surface area contributed by atoms with Gasteiger partial charge in [0.05, 0.1) is 13.2 Å². The molecule has 2 aliphatic rings. The first-order chi connectivity index (χ1) is 8.34. The van der Waals surface area contributed by atoms with Crippen molar-refractivity contribution in [2.45, 2.75) is 25.3 Å². The molecule has 17 heavy (non-hydrogen) atoms. The van der Waals surface area contributed by atoms with Crippen molar-refractivity contribution < 1.29 is 13.9 Å². The Kier molecular flexibility index (Phi) is 2.89. The Morgan fingerprint density at radius 2 is 2.06 bits per heavy atom. The van der Waals surface area contributed by atoms with E-state index in [2.05, 4.69) is 5.32 Å². The van der Waals surface area contributed by atoms with Gasteiger partial charge in [0.15, 0.2) is 17.3 Å². The summed E-state index contributed by atoms with van der Waals surface area (Å²) in [5.74, 6) is 0.503. The Morgan fingerprint density at radius 3 is 2.88 bits per heavy atom. The summed E-state index contributed by atoms with van der Waals surface area (Å²) in [6, 6.07) is 3.73. The summed E-state index contributed by atoms with van der Waals surface area (Å²) in [5, 5.41) is 3.36. The summed E-state index contributed by atoms with van der Waals surface area (Å²) in [6.45, 7) is 2.11. The molecule has 1 aromatic carbocycles. The molecule has 1 fully saturated rings. The van der Waals surface area contributed by atoms with Gasteiger partial charge in [0.25, 0.3) is 0 Å². The van der Waals surface area contributed by atoms with Crippen LogP contribution in [0.5, 0.6) is 11.5 Å². The number of hydrogen-bond acceptors (Lipinski definition) is 3. The largest absolute Gasteiger partial charge is 0.489 e. The van der Waals surface area contributed by atoms with Crippen molar-refractivity contribution in [1.82, 2.24) is 5.32 Å². The third-order valence-electron chi connectivity index (χ3n) is 3.29. The fraction of sp³-hybridized carbons (Fsp3) is 0.538. The van der Waals surface area contributed by atoms with E-state index in [1.54, 1.807) is 6.07 Å². The molecule has 0 aromatic heterocycles. The van der Waals surface area contributed by atoms with Gasteiger partial charge >= 0.3 is 0 Å². The molecule has 92 valence electrons. The molecular formula is C13H16FNO2. The first-order valence-electron chi connectivity index (χ1n) is 6.17. The third-order valence-corrected chi connectivity index (χ3v) is 3.29. The highest BCUT2D eigenvalue weighted by Gasteiger charge is 2.22. The van der Waals surface area contributed by atoms with Crippen LogP contribution in [0.1, 0.15) is 30.9 Å². The van der Waals surface area contributed by atoms with Crippen molar-refractivity contribution >= 4 is 0 Å². The van der Waals surface area contributed by atoms with Crippen LogP contribution in [0.15, 0.2) is 12.1 Å². The Hall–Kier alpha value is -1.29. The quantitative estimate of drug-likeness (QED) is 0.813. The molecule has 1 atom stereocenters. The van der Waals surface area contributed by atoms with Crippen LogP contribution in [0.25, 0.3) is 0 Å². The molecule has 0 bridgehead atoms. The lowest BCUT2D eigenvalue weighted by molar-refractivity contribution is 0.292. The molecule has 0 spiro atoms. The van der Waals surface area contributed by atoms with Gasteiger partial charge in [-0.3, -0.25) is 0 Å². The number of ether oxygens (including phenoxy) is 2. The van der Waals surface area contributed by atoms with Gasteiger partial charge in [0.1, 0.15) is 0 Å². The SMILES string of the molecule is Fc1cc(C2CCCN2)cc2c1OCCCO2. The minimum absolute atomic E-state index is 0.252. The Bertz CT molecular complexity index is 416. The normalized spacial score (nSPS) is 23.5. The predicted octanol–water partition coefficient (Wildman–Crippen LogP) is 2.41. The van der Waals surface area contributed by atoms with E-state index in [0.717, 1.165) is 31.4 Å². The van der Waals surface area contributed by atoms with Crippen molar-refractivity contribution in [1.29, 1.82) is 0 Å². The molecule has 4 heteroatoms. The van der Waals surface area contributed by atoms with Gasteiger partial charge in [-0.2, -0.15) is 0 Å². The maximum absolute atomic E-state index is 13.9. The predicted molar refractivity (Wildman–Crippen MR) is 62.0 cm³/mol. The highest BCUT2D eigenvalue weighted by molar-refractivity contribution is 5.45. The van der Waals surface area contributed by atoms with Crippen LogP contribution in [-0.2, 0) is 0 Å². The molecule has 1 N–H and O–H groups in total. The second-order valence-electron chi connectivity index (χ2n) is 4.53. The maximum Gasteiger partial charge on any atom is 0.197 e. The second-order valence-corrected chi connectivity index (χ2v) is 4.53. The van der Waals surface area contributed by atoms with E-state index in [9.17, 15) is 4.39 Å². The molecule has 0 radical (unpaired) electrons. The number of rotatable bonds is 1. The molecule has 2 heterocycles. The molecule has 1 unspecified atom stereocenters. The van der Waals surface area contributed by atoms with E-state index in [1.165, 1.54) is 0 Å². The minimum atomic E-state index is -0.312. The zero-order valence-electron chi connectivity index (χ0n) is 9.67. The van der Waals surface area contributed by atoms with Crippen LogP contribution in [0, 0.1) is 5.82 Å². The van der Waals surface area contributed by atoms with Crippen LogP contribution in [0.3, 0.4) is 0 Å². The number of hydrogen-bond donors (Lipinski definition) is 1. The van der Waals surface area contributed by atoms with Gasteiger partial charge in [0.2, 0.25) is 0 Å². The van der Waals surface area contributed by atoms with Crippen molar-refractivity contribution in [2.75, 3.05) is 19.8 Å². The number of nitrogens with one attached hydrogen (secondary N) is 1. The van der Waals surface area contributed by atoms with Crippen molar-refractivity contribution in [2.24, 2.45) is 0 Å². The van der Waals surface area contributed by atoms with Gasteiger partial charge in [-0.05, 0) is 37.1 Å². The fourth-order valence-corrected chi connectivity index (χ4v) is 2.42. The lowest BCUT2D eigenvalue weighted by Gasteiger charge is -2.14. The molecule has 1 saturated heterocycles. The molecule has 0 aliphatic carbocycles. The number of halogens is 1. The van der Waals surface area contributed by atoms with E-state index in [4.69, 9.17) is 9.47 Å². The van der Waals surface area contributed by atoms with Gasteiger partial charge < -0.3 is 14.8 Å². The average Bonchev–Trinajstić information content (AvgIpc) is 2.75. The lowest BCUT2D eigenvalue weighted by atomic mass is 10.0. The lowest BCUT2D eigenvalue weighted by Crippen LogP contribution is -2.13. The monoisotopic (exact) mass is 237 g/mol. The minimum Gasteiger partial charge on any atom is -0.489 e. The van der Waals surface area contributed by atoms with Crippen LogP contribution in [0.2, 0.25) is 0 Å². The first-order valence-corrected chi connectivity index (χ1v) is 6.17. The van der Waals surface area contributed by atoms with Gasteiger partial charge in [-0.1, -0.05) is 0 Å². The van der Waals surface area contributed by atoms with E-state index in [-0.39, 0.29) is 17.6 Å². The van der Waals surface area contributed by atoms with E-state index in [0.29, 0.717) is 19.0 Å². The smallest absolute Gasteiger partial charge is 0.197 e. The standard InChI is InChI=1S/C13H16FNO2/c14-10-7-9(11-3-1-4-15-11)8-12-13(10)17-6-2-5-16-12/h7-8,11,15H,1-6H2. The van der Waals surface area contributed by atoms with Crippen molar-refractivity contribution in [3.63, 3.8) is 0 Å². The first kappa shape index (κ1) is 10.8. The third kappa shape index (κ3) is 2.09. The Balaban J connectivity index is 1.96. The molecular weight excluding hydrogens is 221 g/mol. The van der Waals surface area contributed by atoms with Gasteiger partial charge in [-0.15, -0.1) is 0 Å². The van der Waals surface area contributed by atoms with E-state index >= 15 is 0 Å². The summed E-state index contributed by atoms with van der Waals surface area (Å²) >= 11 is 0. The summed E-state index contributed by atoms with van der Waals surface area (Å²) < 4.78 is 24.8. The zero-order chi connectivity index (χ0) is 11.7. The Morgan fingerprint density at radius 1 is 1.18 bits per heavy atom. The molecule has 1 aromatic rings. The second kappa shape index (κ2) is 4.53. The number of fused-ring (bicyclic) bond motifs is 1. The van der Waals surface area contributed by atoms with Gasteiger partial charge in [-0.25, -0.2) is 4.39 Å².